The third-order valence-electron chi connectivity index (χ3n) is 11.6. The van der Waals surface area contributed by atoms with Gasteiger partial charge in [0.05, 0.1) is 6.61 Å². The predicted octanol–water partition coefficient (Wildman–Crippen LogP) is 13.6. The minimum absolute atomic E-state index is 0.136. The topological polar surface area (TPSA) is 54.0 Å². The van der Waals surface area contributed by atoms with Gasteiger partial charge < -0.3 is 18.9 Å². The molecular formula is C55H42O5. The highest BCUT2D eigenvalue weighted by Gasteiger charge is 2.21. The maximum Gasteiger partial charge on any atom is 0.302 e. The van der Waals surface area contributed by atoms with Gasteiger partial charge in [-0.25, -0.2) is 0 Å². The molecule has 0 amide bonds. The summed E-state index contributed by atoms with van der Waals surface area (Å²) in [6.07, 6.45) is 0. The molecule has 5 nitrogen and oxygen atoms in total. The van der Waals surface area contributed by atoms with Crippen molar-refractivity contribution < 1.29 is 23.7 Å². The van der Waals surface area contributed by atoms with Crippen molar-refractivity contribution in [1.29, 1.82) is 0 Å². The minimum Gasteiger partial charge on any atom is -0.491 e. The Morgan fingerprint density at radius 3 is 1.28 bits per heavy atom. The first kappa shape index (κ1) is 37.1. The molecule has 0 bridgehead atoms. The first-order valence-electron chi connectivity index (χ1n) is 20.4. The fraction of sp³-hybridized carbons (Fsp3) is 0.109. The van der Waals surface area contributed by atoms with Gasteiger partial charge in [-0.15, -0.1) is 0 Å². The normalized spacial score (nSPS) is 11.6. The molecule has 5 heteroatoms. The Hall–Kier alpha value is -7.21. The lowest BCUT2D eigenvalue weighted by atomic mass is 9.88. The highest BCUT2D eigenvalue weighted by Crippen LogP contribution is 2.48. The van der Waals surface area contributed by atoms with E-state index in [1.807, 2.05) is 6.07 Å². The summed E-state index contributed by atoms with van der Waals surface area (Å²) in [4.78, 5) is 11.7. The van der Waals surface area contributed by atoms with Gasteiger partial charge in [-0.05, 0) is 123 Å². The molecule has 60 heavy (non-hydrogen) atoms. The Balaban J connectivity index is 1.18. The van der Waals surface area contributed by atoms with Gasteiger partial charge in [0, 0.05) is 25.2 Å². The van der Waals surface area contributed by atoms with E-state index >= 15 is 0 Å². The Labute approximate surface area is 348 Å². The predicted molar refractivity (Wildman–Crippen MR) is 247 cm³/mol. The van der Waals surface area contributed by atoms with Crippen molar-refractivity contribution in [2.45, 2.75) is 6.92 Å². The smallest absolute Gasteiger partial charge is 0.302 e. The summed E-state index contributed by atoms with van der Waals surface area (Å²) < 4.78 is 23.8. The molecule has 292 valence electrons. The molecule has 0 aliphatic rings. The molecule has 0 spiro atoms. The molecule has 10 aromatic rings. The molecule has 10 aromatic carbocycles. The Morgan fingerprint density at radius 2 is 0.817 bits per heavy atom. The van der Waals surface area contributed by atoms with Crippen LogP contribution in [-0.4, -0.2) is 39.5 Å². The third kappa shape index (κ3) is 6.73. The summed E-state index contributed by atoms with van der Waals surface area (Å²) in [5.41, 5.74) is 6.45. The average molecular weight is 783 g/mol. The van der Waals surface area contributed by atoms with E-state index in [1.54, 1.807) is 7.11 Å². The molecular weight excluding hydrogens is 741 g/mol. The second-order valence-corrected chi connectivity index (χ2v) is 15.2. The van der Waals surface area contributed by atoms with Crippen molar-refractivity contribution >= 4 is 70.6 Å². The van der Waals surface area contributed by atoms with Crippen LogP contribution in [0.25, 0.3) is 98.0 Å². The lowest BCUT2D eigenvalue weighted by Crippen LogP contribution is -2.10. The summed E-state index contributed by atoms with van der Waals surface area (Å²) in [6.45, 7) is 2.56. The lowest BCUT2D eigenvalue weighted by Gasteiger charge is -2.21. The second-order valence-electron chi connectivity index (χ2n) is 15.2. The number of carbonyl (C=O) groups excluding carboxylic acids is 1. The van der Waals surface area contributed by atoms with Gasteiger partial charge in [-0.1, -0.05) is 133 Å². The molecule has 0 N–H and O–H groups in total. The van der Waals surface area contributed by atoms with Crippen molar-refractivity contribution in [3.8, 4) is 44.9 Å². The summed E-state index contributed by atoms with van der Waals surface area (Å²) in [5.74, 6) is 1.06. The Morgan fingerprint density at radius 1 is 0.400 bits per heavy atom. The van der Waals surface area contributed by atoms with Crippen LogP contribution in [0.2, 0.25) is 0 Å². The summed E-state index contributed by atoms with van der Waals surface area (Å²) in [7, 11) is 1.68. The molecule has 0 heterocycles. The molecule has 0 unspecified atom stereocenters. The van der Waals surface area contributed by atoms with Crippen LogP contribution in [0.5, 0.6) is 11.5 Å². The second kappa shape index (κ2) is 15.9. The zero-order valence-electron chi connectivity index (χ0n) is 33.5. The quantitative estimate of drug-likeness (QED) is 0.0743. The van der Waals surface area contributed by atoms with E-state index in [-0.39, 0.29) is 19.2 Å². The first-order chi connectivity index (χ1) is 29.6. The lowest BCUT2D eigenvalue weighted by molar-refractivity contribution is -0.141. The number of rotatable bonds is 11. The zero-order valence-corrected chi connectivity index (χ0v) is 33.5. The number of esters is 1. The molecule has 0 aromatic heterocycles. The number of hydrogen-bond donors (Lipinski definition) is 0. The average Bonchev–Trinajstić information content (AvgIpc) is 3.29. The van der Waals surface area contributed by atoms with Crippen molar-refractivity contribution in [3.05, 3.63) is 170 Å². The van der Waals surface area contributed by atoms with Crippen LogP contribution in [0.1, 0.15) is 6.92 Å². The van der Waals surface area contributed by atoms with E-state index in [0.717, 1.165) is 49.5 Å². The molecule has 0 fully saturated rings. The minimum atomic E-state index is -0.344. The number of hydrogen-bond acceptors (Lipinski definition) is 5. The molecule has 10 rings (SSSR count). The third-order valence-corrected chi connectivity index (χ3v) is 11.6. The largest absolute Gasteiger partial charge is 0.491 e. The van der Waals surface area contributed by atoms with Gasteiger partial charge in [0.2, 0.25) is 0 Å². The van der Waals surface area contributed by atoms with Gasteiger partial charge in [0.25, 0.3) is 0 Å². The number of benzene rings is 10. The van der Waals surface area contributed by atoms with Gasteiger partial charge in [-0.3, -0.25) is 4.79 Å². The number of methoxy groups -OCH3 is 1. The Bertz CT molecular complexity index is 3270. The van der Waals surface area contributed by atoms with Crippen LogP contribution < -0.4 is 9.47 Å². The van der Waals surface area contributed by atoms with E-state index < -0.39 is 0 Å². The summed E-state index contributed by atoms with van der Waals surface area (Å²) in [6, 6.07) is 60.8. The van der Waals surface area contributed by atoms with Crippen LogP contribution in [0.3, 0.4) is 0 Å². The van der Waals surface area contributed by atoms with Crippen LogP contribution >= 0.6 is 0 Å². The van der Waals surface area contributed by atoms with E-state index in [0.29, 0.717) is 19.0 Å². The molecule has 0 radical (unpaired) electrons. The van der Waals surface area contributed by atoms with Crippen LogP contribution in [0.15, 0.2) is 170 Å². The maximum absolute atomic E-state index is 11.7. The van der Waals surface area contributed by atoms with Crippen LogP contribution in [0, 0.1) is 0 Å². The molecule has 0 atom stereocenters. The number of fused-ring (bicyclic) bond motifs is 8. The van der Waals surface area contributed by atoms with Crippen molar-refractivity contribution in [1.82, 2.24) is 0 Å². The fourth-order valence-corrected chi connectivity index (χ4v) is 8.87. The monoisotopic (exact) mass is 782 g/mol. The molecule has 0 saturated carbocycles. The van der Waals surface area contributed by atoms with Crippen LogP contribution in [-0.2, 0) is 14.3 Å². The van der Waals surface area contributed by atoms with Gasteiger partial charge in [0.15, 0.2) is 0 Å². The first-order valence-corrected chi connectivity index (χ1v) is 20.4. The standard InChI is InChI=1S/C55H42O5/c1-35(56)58-29-30-60-53-26-22-39-32-41(51-34-37-12-4-6-14-43(37)47-16-8-10-18-49(47)51)20-24-45(39)55(53)54-44-23-19-40(31-38(44)21-25-52(54)59-28-27-57-2)50-33-36-11-3-5-13-42(36)46-15-7-9-17-48(46)50/h3-26,31-34H,27-30H2,1-2H3. The van der Waals surface area contributed by atoms with E-state index in [1.165, 1.54) is 61.1 Å². The number of carbonyl (C=O) groups is 1. The SMILES string of the molecule is COCCOc1ccc2cc(-c3cc4ccccc4c4ccccc34)ccc2c1-c1c(OCCOC(C)=O)ccc2cc(-c3cc4ccccc4c4ccccc34)ccc12. The zero-order chi connectivity index (χ0) is 40.6. The molecule has 0 aliphatic carbocycles. The van der Waals surface area contributed by atoms with E-state index in [2.05, 4.69) is 164 Å². The molecule has 0 aliphatic heterocycles. The number of ether oxygens (including phenoxy) is 4. The van der Waals surface area contributed by atoms with E-state index in [4.69, 9.17) is 18.9 Å². The van der Waals surface area contributed by atoms with Crippen molar-refractivity contribution in [2.75, 3.05) is 33.5 Å². The van der Waals surface area contributed by atoms with Crippen LogP contribution in [0.4, 0.5) is 0 Å². The maximum atomic E-state index is 11.7. The summed E-state index contributed by atoms with van der Waals surface area (Å²) in [5, 5.41) is 13.9. The van der Waals surface area contributed by atoms with Gasteiger partial charge >= 0.3 is 5.97 Å². The highest BCUT2D eigenvalue weighted by molar-refractivity contribution is 6.17. The van der Waals surface area contributed by atoms with Gasteiger partial charge in [0.1, 0.15) is 31.3 Å². The van der Waals surface area contributed by atoms with E-state index in [9.17, 15) is 4.79 Å². The van der Waals surface area contributed by atoms with Gasteiger partial charge in [-0.2, -0.15) is 0 Å². The van der Waals surface area contributed by atoms with Crippen molar-refractivity contribution in [3.63, 3.8) is 0 Å². The Kier molecular flexibility index (Phi) is 9.80. The van der Waals surface area contributed by atoms with Crippen molar-refractivity contribution in [2.24, 2.45) is 0 Å². The summed E-state index contributed by atoms with van der Waals surface area (Å²) >= 11 is 0. The highest BCUT2D eigenvalue weighted by atomic mass is 16.6. The molecule has 0 saturated heterocycles. The fourth-order valence-electron chi connectivity index (χ4n) is 8.87.